The molecule has 2 amide bonds. The smallest absolute Gasteiger partial charge is 0.261 e. The van der Waals surface area contributed by atoms with Gasteiger partial charge in [0.1, 0.15) is 12.0 Å². The Hall–Kier alpha value is -4.77. The number of halogens is 2. The Kier molecular flexibility index (Phi) is 7.01. The minimum absolute atomic E-state index is 0.0790. The molecule has 3 atom stereocenters. The number of hydrogen-bond donors (Lipinski definition) is 1. The third kappa shape index (κ3) is 4.81. The SMILES string of the molecule is Cc1nnc(-c2c(C[C@H](F)c3ccc(F)cc3)nc3c(c2-c2ccc(C(=O)N[C@H]4CCc5ccccc54)s2)C(=O)N2CCC[C@H]32)o1. The van der Waals surface area contributed by atoms with E-state index in [1.165, 1.54) is 41.2 Å². The number of alkyl halides is 1. The molecular weight excluding hydrogens is 608 g/mol. The molecule has 0 unspecified atom stereocenters. The Morgan fingerprint density at radius 3 is 2.70 bits per heavy atom. The maximum Gasteiger partial charge on any atom is 0.261 e. The number of nitrogens with zero attached hydrogens (tertiary/aromatic N) is 4. The van der Waals surface area contributed by atoms with Crippen molar-refractivity contribution in [3.8, 4) is 21.9 Å². The van der Waals surface area contributed by atoms with Gasteiger partial charge in [-0.2, -0.15) is 0 Å². The number of hydrogen-bond acceptors (Lipinski definition) is 7. The Bertz CT molecular complexity index is 2010. The van der Waals surface area contributed by atoms with Gasteiger partial charge in [-0.3, -0.25) is 14.6 Å². The van der Waals surface area contributed by atoms with Crippen LogP contribution in [0.1, 0.15) is 91.5 Å². The van der Waals surface area contributed by atoms with E-state index < -0.39 is 12.0 Å². The van der Waals surface area contributed by atoms with Crippen molar-refractivity contribution in [2.75, 3.05) is 6.54 Å². The predicted molar refractivity (Wildman–Crippen MR) is 168 cm³/mol. The highest BCUT2D eigenvalue weighted by Gasteiger charge is 2.45. The normalized spacial score (nSPS) is 18.8. The van der Waals surface area contributed by atoms with E-state index in [0.29, 0.717) is 55.8 Å². The summed E-state index contributed by atoms with van der Waals surface area (Å²) >= 11 is 1.26. The number of thiophene rings is 1. The van der Waals surface area contributed by atoms with Crippen LogP contribution in [-0.2, 0) is 12.8 Å². The monoisotopic (exact) mass is 637 g/mol. The minimum atomic E-state index is -1.52. The van der Waals surface area contributed by atoms with Crippen molar-refractivity contribution < 1.29 is 22.8 Å². The van der Waals surface area contributed by atoms with E-state index in [-0.39, 0.29) is 36.2 Å². The summed E-state index contributed by atoms with van der Waals surface area (Å²) in [7, 11) is 0. The van der Waals surface area contributed by atoms with Crippen LogP contribution in [0, 0.1) is 12.7 Å². The number of fused-ring (bicyclic) bond motifs is 4. The standard InChI is InChI=1S/C35H29F2N5O3S/c1-18-40-41-34(45-18)29-25(17-23(37)20-8-11-21(36)12-9-20)38-32-26-7-4-16-42(26)35(44)31(32)30(29)27-14-15-28(46-27)33(43)39-24-13-10-19-5-2-3-6-22(19)24/h2-3,5-6,8-9,11-12,14-15,23-24,26H,4,7,10,13,16-17H2,1H3,(H,39,43)/t23-,24-,26+/m0/s1. The van der Waals surface area contributed by atoms with Gasteiger partial charge in [-0.1, -0.05) is 36.4 Å². The maximum absolute atomic E-state index is 15.9. The number of nitrogens with one attached hydrogen (secondary N) is 1. The van der Waals surface area contributed by atoms with Crippen molar-refractivity contribution in [1.82, 2.24) is 25.4 Å². The van der Waals surface area contributed by atoms with Gasteiger partial charge in [0, 0.05) is 30.3 Å². The Labute approximate surface area is 267 Å². The van der Waals surface area contributed by atoms with Crippen LogP contribution in [0.25, 0.3) is 21.9 Å². The summed E-state index contributed by atoms with van der Waals surface area (Å²) in [5.74, 6) is -0.387. The van der Waals surface area contributed by atoms with Gasteiger partial charge in [0.05, 0.1) is 39.5 Å². The second-order valence-corrected chi connectivity index (χ2v) is 13.1. The van der Waals surface area contributed by atoms with Gasteiger partial charge < -0.3 is 14.6 Å². The number of carbonyl (C=O) groups excluding carboxylic acids is 2. The molecule has 8 rings (SSSR count). The predicted octanol–water partition coefficient (Wildman–Crippen LogP) is 7.27. The van der Waals surface area contributed by atoms with Crippen molar-refractivity contribution in [3.63, 3.8) is 0 Å². The molecule has 0 bridgehead atoms. The van der Waals surface area contributed by atoms with E-state index >= 15 is 4.39 Å². The first-order valence-corrected chi connectivity index (χ1v) is 16.2. The van der Waals surface area contributed by atoms with E-state index in [2.05, 4.69) is 27.6 Å². The fourth-order valence-electron chi connectivity index (χ4n) is 7.06. The highest BCUT2D eigenvalue weighted by atomic mass is 32.1. The lowest BCUT2D eigenvalue weighted by Gasteiger charge is -2.17. The summed E-state index contributed by atoms with van der Waals surface area (Å²) in [6, 6.07) is 16.7. The molecule has 5 heterocycles. The Morgan fingerprint density at radius 1 is 1.07 bits per heavy atom. The van der Waals surface area contributed by atoms with Crippen LogP contribution < -0.4 is 5.32 Å². The second-order valence-electron chi connectivity index (χ2n) is 12.0. The van der Waals surface area contributed by atoms with Crippen LogP contribution in [0.4, 0.5) is 8.78 Å². The molecule has 0 spiro atoms. The van der Waals surface area contributed by atoms with E-state index in [4.69, 9.17) is 9.40 Å². The highest BCUT2D eigenvalue weighted by Crippen LogP contribution is 2.49. The van der Waals surface area contributed by atoms with Gasteiger partial charge in [0.15, 0.2) is 0 Å². The van der Waals surface area contributed by atoms with Crippen molar-refractivity contribution in [2.24, 2.45) is 0 Å². The van der Waals surface area contributed by atoms with Gasteiger partial charge in [0.25, 0.3) is 11.8 Å². The number of amides is 2. The third-order valence-electron chi connectivity index (χ3n) is 9.20. The second kappa shape index (κ2) is 11.2. The molecule has 0 radical (unpaired) electrons. The molecule has 232 valence electrons. The Morgan fingerprint density at radius 2 is 1.89 bits per heavy atom. The molecule has 3 aliphatic rings. The van der Waals surface area contributed by atoms with Gasteiger partial charge in [-0.15, -0.1) is 21.5 Å². The topological polar surface area (TPSA) is 101 Å². The van der Waals surface area contributed by atoms with Gasteiger partial charge in [-0.25, -0.2) is 8.78 Å². The van der Waals surface area contributed by atoms with Crippen LogP contribution in [0.15, 0.2) is 65.1 Å². The molecule has 2 aliphatic heterocycles. The van der Waals surface area contributed by atoms with Crippen molar-refractivity contribution >= 4 is 23.2 Å². The fourth-order valence-corrected chi connectivity index (χ4v) is 8.03. The zero-order chi connectivity index (χ0) is 31.5. The van der Waals surface area contributed by atoms with Crippen LogP contribution in [0.2, 0.25) is 0 Å². The van der Waals surface area contributed by atoms with Crippen LogP contribution >= 0.6 is 11.3 Å². The number of aryl methyl sites for hydroxylation is 2. The number of aromatic nitrogens is 3. The quantitative estimate of drug-likeness (QED) is 0.202. The Balaban J connectivity index is 1.24. The first-order valence-electron chi connectivity index (χ1n) is 15.4. The highest BCUT2D eigenvalue weighted by molar-refractivity contribution is 7.17. The van der Waals surface area contributed by atoms with Gasteiger partial charge >= 0.3 is 0 Å². The zero-order valence-corrected chi connectivity index (χ0v) is 25.7. The van der Waals surface area contributed by atoms with Crippen molar-refractivity contribution in [2.45, 2.75) is 57.3 Å². The summed E-state index contributed by atoms with van der Waals surface area (Å²) in [4.78, 5) is 35.4. The lowest BCUT2D eigenvalue weighted by atomic mass is 9.92. The van der Waals surface area contributed by atoms with E-state index in [1.54, 1.807) is 13.0 Å². The molecule has 5 aromatic rings. The zero-order valence-electron chi connectivity index (χ0n) is 24.9. The molecule has 46 heavy (non-hydrogen) atoms. The number of pyridine rings is 1. The van der Waals surface area contributed by atoms with Gasteiger partial charge in [-0.05, 0) is 66.6 Å². The van der Waals surface area contributed by atoms with E-state index in [1.807, 2.05) is 23.1 Å². The summed E-state index contributed by atoms with van der Waals surface area (Å²) in [5, 5.41) is 11.5. The molecule has 11 heteroatoms. The fraction of sp³-hybridized carbons (Fsp3) is 0.286. The third-order valence-corrected chi connectivity index (χ3v) is 10.3. The van der Waals surface area contributed by atoms with Crippen molar-refractivity contribution in [3.05, 3.63) is 111 Å². The van der Waals surface area contributed by atoms with E-state index in [9.17, 15) is 14.0 Å². The largest absolute Gasteiger partial charge is 0.421 e. The number of carbonyl (C=O) groups is 2. The molecule has 1 N–H and O–H groups in total. The van der Waals surface area contributed by atoms with Crippen LogP contribution in [0.3, 0.4) is 0 Å². The molecule has 1 aliphatic carbocycles. The first kappa shape index (κ1) is 28.7. The molecule has 0 saturated carbocycles. The molecule has 3 aromatic heterocycles. The van der Waals surface area contributed by atoms with Crippen LogP contribution in [-0.4, -0.2) is 38.4 Å². The lowest BCUT2D eigenvalue weighted by Crippen LogP contribution is -2.26. The molecular formula is C35H29F2N5O3S. The van der Waals surface area contributed by atoms with Crippen molar-refractivity contribution in [1.29, 1.82) is 0 Å². The summed E-state index contributed by atoms with van der Waals surface area (Å²) < 4.78 is 35.5. The summed E-state index contributed by atoms with van der Waals surface area (Å²) in [6.07, 6.45) is 1.66. The molecule has 2 aromatic carbocycles. The molecule has 1 fully saturated rings. The average Bonchev–Trinajstić information content (AvgIpc) is 3.89. The minimum Gasteiger partial charge on any atom is -0.421 e. The number of benzene rings is 2. The number of rotatable bonds is 7. The first-order chi connectivity index (χ1) is 22.4. The van der Waals surface area contributed by atoms with Gasteiger partial charge in [0.2, 0.25) is 11.8 Å². The molecule has 1 saturated heterocycles. The molecule has 8 nitrogen and oxygen atoms in total. The lowest BCUT2D eigenvalue weighted by molar-refractivity contribution is 0.0776. The maximum atomic E-state index is 15.9. The van der Waals surface area contributed by atoms with Crippen LogP contribution in [0.5, 0.6) is 0 Å². The average molecular weight is 638 g/mol. The van der Waals surface area contributed by atoms with E-state index in [0.717, 1.165) is 31.2 Å². The summed E-state index contributed by atoms with van der Waals surface area (Å²) in [6.45, 7) is 2.26. The summed E-state index contributed by atoms with van der Waals surface area (Å²) in [5.41, 5.74) is 4.95.